The maximum Gasteiger partial charge on any atom is 0.251 e. The van der Waals surface area contributed by atoms with Crippen molar-refractivity contribution in [2.45, 2.75) is 71.3 Å². The molecule has 1 N–H and O–H groups in total. The van der Waals surface area contributed by atoms with Crippen LogP contribution in [0.4, 0.5) is 0 Å². The Labute approximate surface area is 240 Å². The Bertz CT molecular complexity index is 1050. The highest BCUT2D eigenvalue weighted by molar-refractivity contribution is 6.00. The van der Waals surface area contributed by atoms with E-state index in [2.05, 4.69) is 31.1 Å². The molecule has 1 fully saturated rings. The summed E-state index contributed by atoms with van der Waals surface area (Å²) in [4.78, 5) is 46.2. The van der Waals surface area contributed by atoms with Gasteiger partial charge in [-0.3, -0.25) is 14.4 Å². The second-order valence-electron chi connectivity index (χ2n) is 10.6. The molecule has 1 unspecified atom stereocenters. The summed E-state index contributed by atoms with van der Waals surface area (Å²) in [6, 6.07) is 12.8. The molecule has 0 spiro atoms. The van der Waals surface area contributed by atoms with E-state index >= 15 is 0 Å². The summed E-state index contributed by atoms with van der Waals surface area (Å²) in [5.74, 6) is -0.292. The first-order valence-electron chi connectivity index (χ1n) is 14.5. The summed E-state index contributed by atoms with van der Waals surface area (Å²) in [6.45, 7) is 8.80. The van der Waals surface area contributed by atoms with Gasteiger partial charge >= 0.3 is 0 Å². The van der Waals surface area contributed by atoms with Gasteiger partial charge < -0.3 is 20.0 Å². The highest BCUT2D eigenvalue weighted by atomic mass is 35.5. The SMILES string of the molecule is CCCCCN(CCCCC)C(=O)C(CCC(=O)N1CCN(C)CC1)NC(=O)c1ccc2ccccc2c1.Cl. The average molecular weight is 559 g/mol. The van der Waals surface area contributed by atoms with E-state index in [-0.39, 0.29) is 36.5 Å². The topological polar surface area (TPSA) is 73.0 Å². The van der Waals surface area contributed by atoms with Gasteiger partial charge in [0.15, 0.2) is 0 Å². The molecule has 8 heteroatoms. The fourth-order valence-electron chi connectivity index (χ4n) is 4.97. The third-order valence-corrected chi connectivity index (χ3v) is 7.49. The summed E-state index contributed by atoms with van der Waals surface area (Å²) in [6.07, 6.45) is 6.73. The maximum absolute atomic E-state index is 13.8. The summed E-state index contributed by atoms with van der Waals surface area (Å²) in [5, 5.41) is 5.06. The van der Waals surface area contributed by atoms with E-state index in [4.69, 9.17) is 0 Å². The van der Waals surface area contributed by atoms with Crippen LogP contribution in [0, 0.1) is 0 Å². The van der Waals surface area contributed by atoms with E-state index < -0.39 is 6.04 Å². The van der Waals surface area contributed by atoms with Crippen molar-refractivity contribution in [1.82, 2.24) is 20.0 Å². The lowest BCUT2D eigenvalue weighted by molar-refractivity contribution is -0.135. The molecule has 0 bridgehead atoms. The molecule has 7 nitrogen and oxygen atoms in total. The number of rotatable bonds is 14. The van der Waals surface area contributed by atoms with Crippen molar-refractivity contribution in [3.63, 3.8) is 0 Å². The van der Waals surface area contributed by atoms with Gasteiger partial charge in [-0.05, 0) is 49.2 Å². The predicted octanol–water partition coefficient (Wildman–Crippen LogP) is 5.12. The zero-order valence-corrected chi connectivity index (χ0v) is 24.8. The number of carbonyl (C=O) groups excluding carboxylic acids is 3. The molecule has 0 radical (unpaired) electrons. The van der Waals surface area contributed by atoms with Gasteiger partial charge in [-0.25, -0.2) is 0 Å². The van der Waals surface area contributed by atoms with Crippen molar-refractivity contribution in [1.29, 1.82) is 0 Å². The molecule has 0 aliphatic carbocycles. The van der Waals surface area contributed by atoms with Crippen LogP contribution in [0.3, 0.4) is 0 Å². The second kappa shape index (κ2) is 17.1. The van der Waals surface area contributed by atoms with Crippen LogP contribution in [0.2, 0.25) is 0 Å². The second-order valence-corrected chi connectivity index (χ2v) is 10.6. The van der Waals surface area contributed by atoms with E-state index in [0.29, 0.717) is 38.2 Å². The Kier molecular flexibility index (Phi) is 14.3. The first-order valence-corrected chi connectivity index (χ1v) is 14.5. The van der Waals surface area contributed by atoms with Crippen LogP contribution < -0.4 is 5.32 Å². The molecule has 1 saturated heterocycles. The van der Waals surface area contributed by atoms with Crippen LogP contribution >= 0.6 is 12.4 Å². The molecule has 1 atom stereocenters. The predicted molar refractivity (Wildman–Crippen MR) is 161 cm³/mol. The summed E-state index contributed by atoms with van der Waals surface area (Å²) in [7, 11) is 2.06. The number of benzene rings is 2. The normalized spacial score (nSPS) is 14.5. The smallest absolute Gasteiger partial charge is 0.251 e. The van der Waals surface area contributed by atoms with E-state index in [1.165, 1.54) is 0 Å². The third kappa shape index (κ3) is 10.1. The number of nitrogens with one attached hydrogen (secondary N) is 1. The minimum atomic E-state index is -0.728. The molecule has 3 rings (SSSR count). The highest BCUT2D eigenvalue weighted by Gasteiger charge is 2.28. The molecule has 0 saturated carbocycles. The van der Waals surface area contributed by atoms with Crippen molar-refractivity contribution in [3.8, 4) is 0 Å². The van der Waals surface area contributed by atoms with Gasteiger partial charge in [-0.1, -0.05) is 69.9 Å². The fraction of sp³-hybridized carbons (Fsp3) is 0.581. The van der Waals surface area contributed by atoms with Gasteiger partial charge in [0.25, 0.3) is 5.91 Å². The molecule has 1 aliphatic rings. The average Bonchev–Trinajstić information content (AvgIpc) is 2.94. The lowest BCUT2D eigenvalue weighted by Crippen LogP contribution is -2.50. The van der Waals surface area contributed by atoms with Crippen LogP contribution in [-0.2, 0) is 9.59 Å². The minimum absolute atomic E-state index is 0. The zero-order chi connectivity index (χ0) is 27.3. The lowest BCUT2D eigenvalue weighted by atomic mass is 10.0. The van der Waals surface area contributed by atoms with Crippen molar-refractivity contribution < 1.29 is 14.4 Å². The fourth-order valence-corrected chi connectivity index (χ4v) is 4.97. The number of amides is 3. The Morgan fingerprint density at radius 2 is 1.49 bits per heavy atom. The summed E-state index contributed by atoms with van der Waals surface area (Å²) in [5.41, 5.74) is 0.524. The molecule has 216 valence electrons. The van der Waals surface area contributed by atoms with Gasteiger partial charge in [-0.15, -0.1) is 12.4 Å². The van der Waals surface area contributed by atoms with Crippen molar-refractivity contribution >= 4 is 40.9 Å². The van der Waals surface area contributed by atoms with Gasteiger partial charge in [0, 0.05) is 51.3 Å². The molecular formula is C31H47ClN4O3. The Morgan fingerprint density at radius 1 is 0.872 bits per heavy atom. The number of hydrogen-bond acceptors (Lipinski definition) is 4. The van der Waals surface area contributed by atoms with Crippen LogP contribution in [0.15, 0.2) is 42.5 Å². The number of unbranched alkanes of at least 4 members (excludes halogenated alkanes) is 4. The van der Waals surface area contributed by atoms with Crippen molar-refractivity contribution in [3.05, 3.63) is 48.0 Å². The van der Waals surface area contributed by atoms with Crippen LogP contribution in [0.1, 0.15) is 75.6 Å². The molecule has 0 aromatic heterocycles. The highest BCUT2D eigenvalue weighted by Crippen LogP contribution is 2.17. The first-order chi connectivity index (χ1) is 18.4. The molecular weight excluding hydrogens is 512 g/mol. The molecule has 2 aromatic carbocycles. The Morgan fingerprint density at radius 3 is 2.10 bits per heavy atom. The first kappa shape index (κ1) is 32.6. The van der Waals surface area contributed by atoms with Crippen molar-refractivity contribution in [2.24, 2.45) is 0 Å². The Hall–Kier alpha value is -2.64. The van der Waals surface area contributed by atoms with Gasteiger partial charge in [0.1, 0.15) is 6.04 Å². The molecule has 1 heterocycles. The van der Waals surface area contributed by atoms with Crippen molar-refractivity contribution in [2.75, 3.05) is 46.3 Å². The molecule has 39 heavy (non-hydrogen) atoms. The van der Waals surface area contributed by atoms with E-state index in [9.17, 15) is 14.4 Å². The third-order valence-electron chi connectivity index (χ3n) is 7.49. The Balaban J connectivity index is 0.00000533. The van der Waals surface area contributed by atoms with Crippen LogP contribution in [0.25, 0.3) is 10.8 Å². The number of piperazine rings is 1. The van der Waals surface area contributed by atoms with Crippen LogP contribution in [-0.4, -0.2) is 84.8 Å². The summed E-state index contributed by atoms with van der Waals surface area (Å²) < 4.78 is 0. The molecule has 2 aromatic rings. The lowest BCUT2D eigenvalue weighted by Gasteiger charge is -2.33. The standard InChI is InChI=1S/C31H46N4O3.ClH/c1-4-6-10-18-35(19-11-7-5-2)31(38)28(16-17-29(36)34-22-20-33(3)21-23-34)32-30(37)27-15-14-25-12-8-9-13-26(25)24-27;/h8-9,12-15,24,28H,4-7,10-11,16-23H2,1-3H3,(H,32,37);1H. The minimum Gasteiger partial charge on any atom is -0.341 e. The number of nitrogens with zero attached hydrogens (tertiary/aromatic N) is 3. The quantitative estimate of drug-likeness (QED) is 0.327. The zero-order valence-electron chi connectivity index (χ0n) is 24.0. The maximum atomic E-state index is 13.8. The van der Waals surface area contributed by atoms with Gasteiger partial charge in [-0.2, -0.15) is 0 Å². The van der Waals surface area contributed by atoms with E-state index in [0.717, 1.165) is 62.4 Å². The monoisotopic (exact) mass is 558 g/mol. The van der Waals surface area contributed by atoms with Gasteiger partial charge in [0.2, 0.25) is 11.8 Å². The number of likely N-dealkylation sites (N-methyl/N-ethyl adjacent to an activating group) is 1. The summed E-state index contributed by atoms with van der Waals surface area (Å²) >= 11 is 0. The number of hydrogen-bond donors (Lipinski definition) is 1. The molecule has 3 amide bonds. The van der Waals surface area contributed by atoms with Crippen LogP contribution in [0.5, 0.6) is 0 Å². The van der Waals surface area contributed by atoms with E-state index in [1.54, 1.807) is 6.07 Å². The van der Waals surface area contributed by atoms with Gasteiger partial charge in [0.05, 0.1) is 0 Å². The van der Waals surface area contributed by atoms with E-state index in [1.807, 2.05) is 46.2 Å². The number of halogens is 1. The number of fused-ring (bicyclic) bond motifs is 1. The number of carbonyl (C=O) groups is 3. The molecule has 1 aliphatic heterocycles. The largest absolute Gasteiger partial charge is 0.341 e.